The lowest BCUT2D eigenvalue weighted by Gasteiger charge is -2.09. The normalized spacial score (nSPS) is 14.0. The van der Waals surface area contributed by atoms with Crippen LogP contribution in [0, 0.1) is 6.92 Å². The summed E-state index contributed by atoms with van der Waals surface area (Å²) in [7, 11) is 0. The van der Waals surface area contributed by atoms with Crippen molar-refractivity contribution in [2.45, 2.75) is 19.4 Å². The summed E-state index contributed by atoms with van der Waals surface area (Å²) in [4.78, 5) is 16.7. The number of aryl methyl sites for hydroxylation is 1. The van der Waals surface area contributed by atoms with Gasteiger partial charge in [0.2, 0.25) is 0 Å². The molecule has 1 heterocycles. The van der Waals surface area contributed by atoms with Gasteiger partial charge in [-0.2, -0.15) is 0 Å². The molecule has 0 bridgehead atoms. The van der Waals surface area contributed by atoms with Crippen LogP contribution in [-0.4, -0.2) is 30.8 Å². The Labute approximate surface area is 141 Å². The van der Waals surface area contributed by atoms with E-state index >= 15 is 0 Å². The zero-order valence-corrected chi connectivity index (χ0v) is 13.8. The van der Waals surface area contributed by atoms with Crippen LogP contribution in [0.2, 0.25) is 0 Å². The first kappa shape index (κ1) is 16.4. The van der Waals surface area contributed by atoms with Crippen LogP contribution in [-0.2, 0) is 11.2 Å². The van der Waals surface area contributed by atoms with Gasteiger partial charge in [0.1, 0.15) is 5.71 Å². The summed E-state index contributed by atoms with van der Waals surface area (Å²) < 4.78 is 0. The third-order valence-corrected chi connectivity index (χ3v) is 4.17. The van der Waals surface area contributed by atoms with E-state index in [1.165, 1.54) is 5.56 Å². The van der Waals surface area contributed by atoms with Gasteiger partial charge in [-0.1, -0.05) is 42.0 Å². The molecule has 1 aliphatic heterocycles. The average molecular weight is 322 g/mol. The number of nitrogens with two attached hydrogens (primary N) is 2. The molecular weight excluding hydrogens is 300 g/mol. The summed E-state index contributed by atoms with van der Waals surface area (Å²) in [5, 5.41) is 2.79. The lowest BCUT2D eigenvalue weighted by atomic mass is 10.0. The molecular formula is C19H22N4O. The number of carbonyl (C=O) groups is 1. The molecule has 0 spiro atoms. The number of amides is 1. The topological polar surface area (TPSA) is 93.5 Å². The van der Waals surface area contributed by atoms with Crippen molar-refractivity contribution in [1.29, 1.82) is 0 Å². The molecule has 0 aliphatic carbocycles. The maximum absolute atomic E-state index is 12.2. The van der Waals surface area contributed by atoms with E-state index in [0.717, 1.165) is 22.4 Å². The van der Waals surface area contributed by atoms with E-state index < -0.39 is 0 Å². The summed E-state index contributed by atoms with van der Waals surface area (Å²) in [5.74, 6) is -0.174. The minimum absolute atomic E-state index is 0.174. The van der Waals surface area contributed by atoms with Crippen molar-refractivity contribution in [3.63, 3.8) is 0 Å². The summed E-state index contributed by atoms with van der Waals surface area (Å²) in [6.07, 6.45) is 0.549. The average Bonchev–Trinajstić information content (AvgIpc) is 3.03. The molecule has 1 aliphatic rings. The van der Waals surface area contributed by atoms with Crippen LogP contribution < -0.4 is 16.8 Å². The van der Waals surface area contributed by atoms with Crippen molar-refractivity contribution in [3.8, 4) is 11.1 Å². The molecule has 2 aromatic carbocycles. The third-order valence-electron chi connectivity index (χ3n) is 4.17. The molecule has 0 unspecified atom stereocenters. The number of hydrogen-bond acceptors (Lipinski definition) is 4. The maximum Gasteiger partial charge on any atom is 0.266 e. The Balaban J connectivity index is 1.76. The fraction of sp³-hybridized carbons (Fsp3) is 0.263. The van der Waals surface area contributed by atoms with E-state index in [4.69, 9.17) is 11.5 Å². The van der Waals surface area contributed by atoms with Crippen molar-refractivity contribution in [1.82, 2.24) is 5.32 Å². The van der Waals surface area contributed by atoms with Crippen molar-refractivity contribution in [2.24, 2.45) is 16.5 Å². The monoisotopic (exact) mass is 322 g/mol. The van der Waals surface area contributed by atoms with Crippen molar-refractivity contribution < 1.29 is 4.79 Å². The zero-order chi connectivity index (χ0) is 17.1. The number of nitrogens with one attached hydrogen (secondary N) is 1. The lowest BCUT2D eigenvalue weighted by molar-refractivity contribution is -0.114. The van der Waals surface area contributed by atoms with Gasteiger partial charge in [-0.25, -0.2) is 4.99 Å². The standard InChI is InChI=1S/C19H22N4O/c1-12-2-4-13(5-3-12)14-6-7-15-9-18(23-17(15)8-14)19(24)22-11-16(21)10-20/h2-8,16H,9-11,20-21H2,1H3,(H,22,24)/t16-/m0/s1. The van der Waals surface area contributed by atoms with Crippen LogP contribution >= 0.6 is 0 Å². The highest BCUT2D eigenvalue weighted by atomic mass is 16.1. The predicted octanol–water partition coefficient (Wildman–Crippen LogP) is 1.69. The smallest absolute Gasteiger partial charge is 0.266 e. The first-order valence-corrected chi connectivity index (χ1v) is 8.08. The van der Waals surface area contributed by atoms with Gasteiger partial charge >= 0.3 is 0 Å². The minimum Gasteiger partial charge on any atom is -0.349 e. The Hall–Kier alpha value is -2.50. The zero-order valence-electron chi connectivity index (χ0n) is 13.8. The molecule has 24 heavy (non-hydrogen) atoms. The van der Waals surface area contributed by atoms with E-state index in [0.29, 0.717) is 25.2 Å². The highest BCUT2D eigenvalue weighted by Gasteiger charge is 2.21. The van der Waals surface area contributed by atoms with E-state index in [2.05, 4.69) is 47.6 Å². The molecule has 5 N–H and O–H groups in total. The Morgan fingerprint density at radius 2 is 1.92 bits per heavy atom. The SMILES string of the molecule is Cc1ccc(-c2ccc3c(c2)N=C(C(=O)NC[C@@H](N)CN)C3)cc1. The van der Waals surface area contributed by atoms with E-state index in [1.54, 1.807) is 0 Å². The van der Waals surface area contributed by atoms with Crippen LogP contribution in [0.25, 0.3) is 11.1 Å². The molecule has 124 valence electrons. The number of hydrogen-bond donors (Lipinski definition) is 3. The van der Waals surface area contributed by atoms with Crippen molar-refractivity contribution in [3.05, 3.63) is 53.6 Å². The van der Waals surface area contributed by atoms with Crippen LogP contribution in [0.3, 0.4) is 0 Å². The van der Waals surface area contributed by atoms with Crippen molar-refractivity contribution in [2.75, 3.05) is 13.1 Å². The Morgan fingerprint density at radius 3 is 2.62 bits per heavy atom. The summed E-state index contributed by atoms with van der Waals surface area (Å²) in [6, 6.07) is 14.3. The van der Waals surface area contributed by atoms with Crippen molar-refractivity contribution >= 4 is 17.3 Å². The second kappa shape index (κ2) is 6.95. The molecule has 0 aromatic heterocycles. The predicted molar refractivity (Wildman–Crippen MR) is 97.5 cm³/mol. The Kier molecular flexibility index (Phi) is 4.74. The summed E-state index contributed by atoms with van der Waals surface area (Å²) in [5.41, 5.74) is 17.1. The van der Waals surface area contributed by atoms with Gasteiger partial charge in [0, 0.05) is 25.6 Å². The highest BCUT2D eigenvalue weighted by molar-refractivity contribution is 6.40. The fourth-order valence-corrected chi connectivity index (χ4v) is 2.65. The molecule has 0 saturated heterocycles. The number of benzene rings is 2. The first-order valence-electron chi connectivity index (χ1n) is 8.08. The summed E-state index contributed by atoms with van der Waals surface area (Å²) in [6.45, 7) is 2.77. The Bertz CT molecular complexity index is 780. The quantitative estimate of drug-likeness (QED) is 0.782. The maximum atomic E-state index is 12.2. The van der Waals surface area contributed by atoms with Crippen LogP contribution in [0.1, 0.15) is 11.1 Å². The highest BCUT2D eigenvalue weighted by Crippen LogP contribution is 2.32. The van der Waals surface area contributed by atoms with Crippen LogP contribution in [0.4, 0.5) is 5.69 Å². The van der Waals surface area contributed by atoms with Gasteiger partial charge in [0.25, 0.3) is 5.91 Å². The number of nitrogens with zero attached hydrogens (tertiary/aromatic N) is 1. The van der Waals surface area contributed by atoms with Crippen LogP contribution in [0.5, 0.6) is 0 Å². The van der Waals surface area contributed by atoms with Gasteiger partial charge in [0.15, 0.2) is 0 Å². The molecule has 2 aromatic rings. The summed E-state index contributed by atoms with van der Waals surface area (Å²) >= 11 is 0. The molecule has 0 radical (unpaired) electrons. The Morgan fingerprint density at radius 1 is 1.21 bits per heavy atom. The number of fused-ring (bicyclic) bond motifs is 1. The molecule has 5 nitrogen and oxygen atoms in total. The fourth-order valence-electron chi connectivity index (χ4n) is 2.65. The molecule has 5 heteroatoms. The number of carbonyl (C=O) groups excluding carboxylic acids is 1. The second-order valence-corrected chi connectivity index (χ2v) is 6.15. The van der Waals surface area contributed by atoms with Gasteiger partial charge in [0.05, 0.1) is 5.69 Å². The number of aliphatic imine (C=N–C) groups is 1. The van der Waals surface area contributed by atoms with E-state index in [1.807, 2.05) is 12.1 Å². The van der Waals surface area contributed by atoms with Gasteiger partial charge in [-0.3, -0.25) is 4.79 Å². The third kappa shape index (κ3) is 3.53. The van der Waals surface area contributed by atoms with Gasteiger partial charge < -0.3 is 16.8 Å². The molecule has 0 fully saturated rings. The second-order valence-electron chi connectivity index (χ2n) is 6.15. The molecule has 1 amide bonds. The minimum atomic E-state index is -0.230. The number of rotatable bonds is 5. The van der Waals surface area contributed by atoms with E-state index in [9.17, 15) is 4.79 Å². The molecule has 3 rings (SSSR count). The largest absolute Gasteiger partial charge is 0.349 e. The molecule has 0 saturated carbocycles. The molecule has 1 atom stereocenters. The van der Waals surface area contributed by atoms with Gasteiger partial charge in [-0.15, -0.1) is 0 Å². The van der Waals surface area contributed by atoms with E-state index in [-0.39, 0.29) is 11.9 Å². The van der Waals surface area contributed by atoms with Gasteiger partial charge in [-0.05, 0) is 29.7 Å². The lowest BCUT2D eigenvalue weighted by Crippen LogP contribution is -2.43. The van der Waals surface area contributed by atoms with Crippen LogP contribution in [0.15, 0.2) is 47.5 Å². The first-order chi connectivity index (χ1) is 11.6.